The average molecular weight is 399 g/mol. The molecular formula is C20H15ClN2O3S. The number of hydrogen-bond acceptors (Lipinski definition) is 6. The first-order chi connectivity index (χ1) is 13.1. The monoisotopic (exact) mass is 398 g/mol. The number of nitrogens with zero attached hydrogens (tertiary/aromatic N) is 2. The Bertz CT molecular complexity index is 1190. The van der Waals surface area contributed by atoms with Gasteiger partial charge in [-0.1, -0.05) is 11.6 Å². The second-order valence-corrected chi connectivity index (χ2v) is 7.84. The molecule has 1 atom stereocenters. The van der Waals surface area contributed by atoms with Crippen molar-refractivity contribution in [1.29, 1.82) is 0 Å². The number of thiazole rings is 1. The van der Waals surface area contributed by atoms with Gasteiger partial charge in [-0.05, 0) is 37.3 Å². The zero-order chi connectivity index (χ0) is 18.5. The molecule has 0 unspecified atom stereocenters. The lowest BCUT2D eigenvalue weighted by Gasteiger charge is -2.23. The van der Waals surface area contributed by atoms with Crippen molar-refractivity contribution in [3.8, 4) is 27.8 Å². The lowest BCUT2D eigenvalue weighted by atomic mass is 10.1. The van der Waals surface area contributed by atoms with Gasteiger partial charge in [0, 0.05) is 16.0 Å². The molecule has 0 fully saturated rings. The van der Waals surface area contributed by atoms with Crippen LogP contribution in [0.15, 0.2) is 36.5 Å². The van der Waals surface area contributed by atoms with E-state index in [1.165, 1.54) is 0 Å². The van der Waals surface area contributed by atoms with Gasteiger partial charge in [0.15, 0.2) is 11.5 Å². The van der Waals surface area contributed by atoms with Crippen molar-refractivity contribution >= 4 is 44.1 Å². The van der Waals surface area contributed by atoms with Crippen LogP contribution >= 0.6 is 22.9 Å². The van der Waals surface area contributed by atoms with Crippen molar-refractivity contribution in [2.45, 2.75) is 13.0 Å². The number of benzene rings is 2. The van der Waals surface area contributed by atoms with Gasteiger partial charge >= 0.3 is 0 Å². The van der Waals surface area contributed by atoms with Gasteiger partial charge in [-0.2, -0.15) is 0 Å². The maximum atomic E-state index is 6.36. The number of halogens is 1. The van der Waals surface area contributed by atoms with Crippen LogP contribution in [0.5, 0.6) is 17.2 Å². The maximum absolute atomic E-state index is 6.36. The van der Waals surface area contributed by atoms with Crippen LogP contribution in [0.25, 0.3) is 31.7 Å². The van der Waals surface area contributed by atoms with Gasteiger partial charge in [-0.15, -0.1) is 11.3 Å². The molecule has 27 heavy (non-hydrogen) atoms. The molecule has 1 aliphatic heterocycles. The highest BCUT2D eigenvalue weighted by molar-refractivity contribution is 7.22. The van der Waals surface area contributed by atoms with Crippen molar-refractivity contribution in [2.24, 2.45) is 0 Å². The summed E-state index contributed by atoms with van der Waals surface area (Å²) in [5.41, 5.74) is 2.59. The minimum absolute atomic E-state index is 0.0402. The number of hydrogen-bond donors (Lipinski definition) is 0. The molecule has 2 aromatic heterocycles. The summed E-state index contributed by atoms with van der Waals surface area (Å²) in [5, 5.41) is 2.37. The average Bonchev–Trinajstić information content (AvgIpc) is 3.11. The van der Waals surface area contributed by atoms with E-state index in [9.17, 15) is 0 Å². The van der Waals surface area contributed by atoms with Crippen LogP contribution in [0, 0.1) is 0 Å². The minimum atomic E-state index is 0.0402. The van der Waals surface area contributed by atoms with E-state index in [-0.39, 0.29) is 6.10 Å². The molecule has 0 saturated heterocycles. The van der Waals surface area contributed by atoms with Gasteiger partial charge < -0.3 is 14.2 Å². The van der Waals surface area contributed by atoms with Crippen LogP contribution < -0.4 is 14.2 Å². The Morgan fingerprint density at radius 2 is 2.15 bits per heavy atom. The first kappa shape index (κ1) is 16.6. The largest absolute Gasteiger partial charge is 0.495 e. The molecule has 7 heteroatoms. The third-order valence-electron chi connectivity index (χ3n) is 4.46. The summed E-state index contributed by atoms with van der Waals surface area (Å²) in [6, 6.07) is 9.57. The maximum Gasteiger partial charge on any atom is 0.180 e. The summed E-state index contributed by atoms with van der Waals surface area (Å²) >= 11 is 7.92. The first-order valence-electron chi connectivity index (χ1n) is 8.49. The van der Waals surface area contributed by atoms with Gasteiger partial charge in [0.05, 0.1) is 24.3 Å². The van der Waals surface area contributed by atoms with Gasteiger partial charge in [-0.25, -0.2) is 4.98 Å². The SMILES string of the molecule is COc1cnc2c(-c3nc4ccc5c(c4s3)OC[C@@H](C)O5)cc(Cl)cc2c1. The molecule has 0 aliphatic carbocycles. The van der Waals surface area contributed by atoms with Crippen molar-refractivity contribution in [3.05, 3.63) is 41.6 Å². The van der Waals surface area contributed by atoms with E-state index in [0.29, 0.717) is 17.4 Å². The molecule has 0 radical (unpaired) electrons. The Labute approximate surface area is 164 Å². The van der Waals surface area contributed by atoms with E-state index in [2.05, 4.69) is 4.98 Å². The summed E-state index contributed by atoms with van der Waals surface area (Å²) in [5.74, 6) is 2.21. The molecule has 3 heterocycles. The molecule has 4 aromatic rings. The van der Waals surface area contributed by atoms with Crippen LogP contribution in [-0.2, 0) is 0 Å². The topological polar surface area (TPSA) is 53.5 Å². The van der Waals surface area contributed by atoms with Crippen molar-refractivity contribution < 1.29 is 14.2 Å². The van der Waals surface area contributed by atoms with Crippen LogP contribution in [0.3, 0.4) is 0 Å². The molecule has 0 spiro atoms. The third kappa shape index (κ3) is 2.76. The summed E-state index contributed by atoms with van der Waals surface area (Å²) in [4.78, 5) is 9.36. The number of aromatic nitrogens is 2. The third-order valence-corrected chi connectivity index (χ3v) is 5.78. The highest BCUT2D eigenvalue weighted by atomic mass is 35.5. The number of methoxy groups -OCH3 is 1. The normalized spacial score (nSPS) is 16.0. The molecule has 0 bridgehead atoms. The standard InChI is InChI=1S/C20H15ClN2O3S/c1-10-9-25-18-16(26-10)4-3-15-19(18)27-20(23-15)14-7-12(21)5-11-6-13(24-2)8-22-17(11)14/h3-8,10H,9H2,1-2H3/t10-/m1/s1. The highest BCUT2D eigenvalue weighted by Crippen LogP contribution is 2.44. The number of pyridine rings is 1. The molecule has 136 valence electrons. The fourth-order valence-corrected chi connectivity index (χ4v) is 4.51. The van der Waals surface area contributed by atoms with E-state index in [0.717, 1.165) is 43.2 Å². The van der Waals surface area contributed by atoms with Gasteiger partial charge in [-0.3, -0.25) is 4.98 Å². The lowest BCUT2D eigenvalue weighted by molar-refractivity contribution is 0.106. The Kier molecular flexibility index (Phi) is 3.84. The molecule has 0 amide bonds. The molecule has 1 aliphatic rings. The predicted molar refractivity (Wildman–Crippen MR) is 108 cm³/mol. The summed E-state index contributed by atoms with van der Waals surface area (Å²) < 4.78 is 18.0. The smallest absolute Gasteiger partial charge is 0.180 e. The van der Waals surface area contributed by atoms with Crippen molar-refractivity contribution in [2.75, 3.05) is 13.7 Å². The summed E-state index contributed by atoms with van der Waals surface area (Å²) in [6.07, 6.45) is 1.74. The van der Waals surface area contributed by atoms with Crippen molar-refractivity contribution in [3.63, 3.8) is 0 Å². The number of fused-ring (bicyclic) bond motifs is 4. The number of ether oxygens (including phenoxy) is 3. The lowest BCUT2D eigenvalue weighted by Crippen LogP contribution is -2.25. The minimum Gasteiger partial charge on any atom is -0.495 e. The zero-order valence-corrected chi connectivity index (χ0v) is 16.2. The fraction of sp³-hybridized carbons (Fsp3) is 0.200. The van der Waals surface area contributed by atoms with Crippen LogP contribution in [-0.4, -0.2) is 29.8 Å². The van der Waals surface area contributed by atoms with E-state index >= 15 is 0 Å². The quantitative estimate of drug-likeness (QED) is 0.456. The Morgan fingerprint density at radius 1 is 1.26 bits per heavy atom. The van der Waals surface area contributed by atoms with Gasteiger partial charge in [0.25, 0.3) is 0 Å². The number of rotatable bonds is 2. The second-order valence-electron chi connectivity index (χ2n) is 6.40. The van der Waals surface area contributed by atoms with Gasteiger partial charge in [0.2, 0.25) is 0 Å². The molecule has 0 saturated carbocycles. The molecule has 2 aromatic carbocycles. The van der Waals surface area contributed by atoms with Crippen LogP contribution in [0.4, 0.5) is 0 Å². The first-order valence-corrected chi connectivity index (χ1v) is 9.68. The fourth-order valence-electron chi connectivity index (χ4n) is 3.21. The van der Waals surface area contributed by atoms with Crippen molar-refractivity contribution in [1.82, 2.24) is 9.97 Å². The van der Waals surface area contributed by atoms with E-state index < -0.39 is 0 Å². The van der Waals surface area contributed by atoms with Gasteiger partial charge in [0.1, 0.15) is 28.2 Å². The molecule has 0 N–H and O–H groups in total. The van der Waals surface area contributed by atoms with Crippen LogP contribution in [0.1, 0.15) is 6.92 Å². The van der Waals surface area contributed by atoms with E-state index in [4.69, 9.17) is 30.8 Å². The zero-order valence-electron chi connectivity index (χ0n) is 14.7. The Balaban J connectivity index is 1.72. The second kappa shape index (κ2) is 6.25. The summed E-state index contributed by atoms with van der Waals surface area (Å²) in [7, 11) is 1.62. The predicted octanol–water partition coefficient (Wildman–Crippen LogP) is 5.33. The summed E-state index contributed by atoms with van der Waals surface area (Å²) in [6.45, 7) is 2.52. The molecular weight excluding hydrogens is 384 g/mol. The molecule has 5 nitrogen and oxygen atoms in total. The van der Waals surface area contributed by atoms with E-state index in [1.807, 2.05) is 37.3 Å². The van der Waals surface area contributed by atoms with E-state index in [1.54, 1.807) is 24.6 Å². The Morgan fingerprint density at radius 3 is 3.00 bits per heavy atom. The highest BCUT2D eigenvalue weighted by Gasteiger charge is 2.23. The Hall–Kier alpha value is -2.57. The molecule has 5 rings (SSSR count). The van der Waals surface area contributed by atoms with Crippen LogP contribution in [0.2, 0.25) is 5.02 Å².